The number of halogens is 4. The molecule has 2 rings (SSSR count). The van der Waals surface area contributed by atoms with Crippen LogP contribution in [0.25, 0.3) is 0 Å². The third-order valence-corrected chi connectivity index (χ3v) is 4.20. The summed E-state index contributed by atoms with van der Waals surface area (Å²) in [5.41, 5.74) is 0. The summed E-state index contributed by atoms with van der Waals surface area (Å²) in [6, 6.07) is 2.98. The molecule has 0 aliphatic carbocycles. The molecule has 130 valence electrons. The van der Waals surface area contributed by atoms with Crippen molar-refractivity contribution in [2.45, 2.75) is 0 Å². The molecule has 5 nitrogen and oxygen atoms in total. The van der Waals surface area contributed by atoms with Crippen molar-refractivity contribution in [2.75, 3.05) is 46.0 Å². The zero-order valence-corrected chi connectivity index (χ0v) is 15.4. The largest absolute Gasteiger partial charge is 0.482 e. The van der Waals surface area contributed by atoms with E-state index >= 15 is 0 Å². The number of nitrogens with zero attached hydrogens (tertiary/aromatic N) is 1. The third kappa shape index (κ3) is 6.91. The van der Waals surface area contributed by atoms with Crippen molar-refractivity contribution < 1.29 is 14.3 Å². The van der Waals surface area contributed by atoms with Gasteiger partial charge >= 0.3 is 0 Å². The number of ether oxygens (including phenoxy) is 2. The Labute approximate surface area is 156 Å². The van der Waals surface area contributed by atoms with E-state index in [-0.39, 0.29) is 24.9 Å². The Balaban J connectivity index is 0.00000264. The van der Waals surface area contributed by atoms with Crippen LogP contribution in [0.1, 0.15) is 0 Å². The molecule has 1 amide bonds. The summed E-state index contributed by atoms with van der Waals surface area (Å²) in [6.45, 7) is 4.51. The van der Waals surface area contributed by atoms with E-state index in [0.29, 0.717) is 27.4 Å². The monoisotopic (exact) mass is 402 g/mol. The normalized spacial score (nSPS) is 14.9. The second-order valence-electron chi connectivity index (χ2n) is 4.79. The summed E-state index contributed by atoms with van der Waals surface area (Å²) in [4.78, 5) is 14.0. The van der Waals surface area contributed by atoms with Crippen molar-refractivity contribution in [3.63, 3.8) is 0 Å². The predicted octanol–water partition coefficient (Wildman–Crippen LogP) is 2.90. The lowest BCUT2D eigenvalue weighted by Gasteiger charge is -2.26. The van der Waals surface area contributed by atoms with E-state index in [1.807, 2.05) is 0 Å². The van der Waals surface area contributed by atoms with E-state index in [9.17, 15) is 4.79 Å². The van der Waals surface area contributed by atoms with Gasteiger partial charge in [0, 0.05) is 32.2 Å². The van der Waals surface area contributed by atoms with Crippen molar-refractivity contribution >= 4 is 53.1 Å². The summed E-state index contributed by atoms with van der Waals surface area (Å²) < 4.78 is 10.6. The molecule has 1 heterocycles. The molecule has 9 heteroatoms. The molecule has 1 aliphatic heterocycles. The van der Waals surface area contributed by atoms with E-state index in [0.717, 1.165) is 32.8 Å². The first-order chi connectivity index (χ1) is 10.6. The fourth-order valence-electron chi connectivity index (χ4n) is 1.99. The molecule has 0 spiro atoms. The molecule has 1 N–H and O–H groups in total. The summed E-state index contributed by atoms with van der Waals surface area (Å²) in [5, 5.41) is 3.78. The van der Waals surface area contributed by atoms with Gasteiger partial charge < -0.3 is 14.8 Å². The van der Waals surface area contributed by atoms with E-state index < -0.39 is 0 Å². The van der Waals surface area contributed by atoms with Crippen LogP contribution in [-0.4, -0.2) is 56.8 Å². The van der Waals surface area contributed by atoms with Gasteiger partial charge in [0.25, 0.3) is 5.91 Å². The van der Waals surface area contributed by atoms with Crippen molar-refractivity contribution in [3.8, 4) is 5.75 Å². The Bertz CT molecular complexity index is 525. The lowest BCUT2D eigenvalue weighted by Crippen LogP contribution is -2.42. The lowest BCUT2D eigenvalue weighted by atomic mass is 10.3. The molecule has 1 aromatic rings. The standard InChI is InChI=1S/C14H17Cl3N2O3.ClH/c15-10-7-12(17)13(8-11(10)16)22-9-14(20)18-1-2-19-3-5-21-6-4-19;/h7-8H,1-6,9H2,(H,18,20);1H. The second kappa shape index (κ2) is 10.4. The first-order valence-electron chi connectivity index (χ1n) is 6.90. The van der Waals surface area contributed by atoms with Gasteiger partial charge in [0.15, 0.2) is 6.61 Å². The van der Waals surface area contributed by atoms with Crippen LogP contribution in [0.2, 0.25) is 15.1 Å². The van der Waals surface area contributed by atoms with E-state index in [4.69, 9.17) is 44.3 Å². The molecule has 0 saturated carbocycles. The molecular weight excluding hydrogens is 386 g/mol. The molecule has 1 aliphatic rings. The molecule has 0 radical (unpaired) electrons. The molecule has 1 fully saturated rings. The minimum atomic E-state index is -0.213. The number of carbonyl (C=O) groups is 1. The number of nitrogens with one attached hydrogen (secondary N) is 1. The fraction of sp³-hybridized carbons (Fsp3) is 0.500. The zero-order chi connectivity index (χ0) is 15.9. The maximum Gasteiger partial charge on any atom is 0.257 e. The highest BCUT2D eigenvalue weighted by molar-refractivity contribution is 6.43. The first kappa shape index (κ1) is 20.6. The number of carbonyl (C=O) groups excluding carboxylic acids is 1. The van der Waals surface area contributed by atoms with Crippen LogP contribution in [0, 0.1) is 0 Å². The van der Waals surface area contributed by atoms with Gasteiger partial charge in [0.05, 0.1) is 28.3 Å². The first-order valence-corrected chi connectivity index (χ1v) is 8.04. The van der Waals surface area contributed by atoms with Crippen LogP contribution in [0.4, 0.5) is 0 Å². The maximum absolute atomic E-state index is 11.7. The van der Waals surface area contributed by atoms with Gasteiger partial charge in [-0.3, -0.25) is 9.69 Å². The number of hydrogen-bond acceptors (Lipinski definition) is 4. The van der Waals surface area contributed by atoms with Crippen LogP contribution in [0.3, 0.4) is 0 Å². The van der Waals surface area contributed by atoms with Crippen molar-refractivity contribution in [3.05, 3.63) is 27.2 Å². The molecule has 0 unspecified atom stereocenters. The molecule has 1 saturated heterocycles. The fourth-order valence-corrected chi connectivity index (χ4v) is 2.58. The molecule has 0 bridgehead atoms. The average molecular weight is 404 g/mol. The molecule has 1 aromatic carbocycles. The maximum atomic E-state index is 11.7. The third-order valence-electron chi connectivity index (χ3n) is 3.19. The van der Waals surface area contributed by atoms with Gasteiger partial charge in [-0.2, -0.15) is 0 Å². The van der Waals surface area contributed by atoms with Crippen LogP contribution in [-0.2, 0) is 9.53 Å². The Kier molecular flexibility index (Phi) is 9.36. The van der Waals surface area contributed by atoms with Gasteiger partial charge in [-0.05, 0) is 6.07 Å². The van der Waals surface area contributed by atoms with Crippen molar-refractivity contribution in [1.29, 1.82) is 0 Å². The number of benzene rings is 1. The van der Waals surface area contributed by atoms with Gasteiger partial charge in [-0.1, -0.05) is 34.8 Å². The lowest BCUT2D eigenvalue weighted by molar-refractivity contribution is -0.123. The summed E-state index contributed by atoms with van der Waals surface area (Å²) in [7, 11) is 0. The Morgan fingerprint density at radius 3 is 2.52 bits per heavy atom. The number of amides is 1. The number of hydrogen-bond donors (Lipinski definition) is 1. The Morgan fingerprint density at radius 2 is 1.83 bits per heavy atom. The number of rotatable bonds is 6. The topological polar surface area (TPSA) is 50.8 Å². The minimum absolute atomic E-state index is 0. The van der Waals surface area contributed by atoms with E-state index in [2.05, 4.69) is 10.2 Å². The quantitative estimate of drug-likeness (QED) is 0.742. The molecule has 0 atom stereocenters. The predicted molar refractivity (Wildman–Crippen MR) is 94.5 cm³/mol. The minimum Gasteiger partial charge on any atom is -0.482 e. The zero-order valence-electron chi connectivity index (χ0n) is 12.3. The van der Waals surface area contributed by atoms with Crippen molar-refractivity contribution in [1.82, 2.24) is 10.2 Å². The summed E-state index contributed by atoms with van der Waals surface area (Å²) in [5.74, 6) is 0.120. The van der Waals surface area contributed by atoms with Crippen LogP contribution >= 0.6 is 47.2 Å². The highest BCUT2D eigenvalue weighted by Gasteiger charge is 2.11. The van der Waals surface area contributed by atoms with Gasteiger partial charge in [-0.25, -0.2) is 0 Å². The van der Waals surface area contributed by atoms with E-state index in [1.165, 1.54) is 12.1 Å². The highest BCUT2D eigenvalue weighted by atomic mass is 35.5. The van der Waals surface area contributed by atoms with Crippen LogP contribution in [0.15, 0.2) is 12.1 Å². The Hall–Kier alpha value is -0.430. The second-order valence-corrected chi connectivity index (χ2v) is 6.01. The van der Waals surface area contributed by atoms with E-state index in [1.54, 1.807) is 0 Å². The number of morpholine rings is 1. The van der Waals surface area contributed by atoms with Crippen LogP contribution in [0.5, 0.6) is 5.75 Å². The molecule has 23 heavy (non-hydrogen) atoms. The summed E-state index contributed by atoms with van der Waals surface area (Å²) >= 11 is 17.7. The Morgan fingerprint density at radius 1 is 1.17 bits per heavy atom. The van der Waals surface area contributed by atoms with Gasteiger partial charge in [0.1, 0.15) is 5.75 Å². The smallest absolute Gasteiger partial charge is 0.257 e. The van der Waals surface area contributed by atoms with Crippen molar-refractivity contribution in [2.24, 2.45) is 0 Å². The SMILES string of the molecule is Cl.O=C(COc1cc(Cl)c(Cl)cc1Cl)NCCN1CCOCC1. The van der Waals surface area contributed by atoms with Gasteiger partial charge in [-0.15, -0.1) is 12.4 Å². The van der Waals surface area contributed by atoms with Crippen LogP contribution < -0.4 is 10.1 Å². The summed E-state index contributed by atoms with van der Waals surface area (Å²) in [6.07, 6.45) is 0. The highest BCUT2D eigenvalue weighted by Crippen LogP contribution is 2.33. The molecule has 0 aromatic heterocycles. The molecular formula is C14H18Cl4N2O3. The average Bonchev–Trinajstić information content (AvgIpc) is 2.50. The van der Waals surface area contributed by atoms with Gasteiger partial charge in [0.2, 0.25) is 0 Å².